The van der Waals surface area contributed by atoms with Gasteiger partial charge in [0.2, 0.25) is 0 Å². The molecule has 1 atom stereocenters. The summed E-state index contributed by atoms with van der Waals surface area (Å²) in [6, 6.07) is 2.54. The summed E-state index contributed by atoms with van der Waals surface area (Å²) in [6.07, 6.45) is 6.56. The maximum absolute atomic E-state index is 5.76. The van der Waals surface area contributed by atoms with Crippen molar-refractivity contribution in [3.63, 3.8) is 0 Å². The number of thiophene rings is 1. The highest BCUT2D eigenvalue weighted by Crippen LogP contribution is 2.49. The molecular formula is C12H20N2S. The number of hydrogen-bond acceptors (Lipinski definition) is 3. The highest BCUT2D eigenvalue weighted by atomic mass is 32.1. The van der Waals surface area contributed by atoms with Gasteiger partial charge in [0.15, 0.2) is 0 Å². The van der Waals surface area contributed by atoms with E-state index in [9.17, 15) is 0 Å². The number of hydrogen-bond donors (Lipinski definition) is 2. The van der Waals surface area contributed by atoms with Crippen molar-refractivity contribution in [2.24, 2.45) is 11.3 Å². The van der Waals surface area contributed by atoms with E-state index in [1.165, 1.54) is 37.7 Å². The van der Waals surface area contributed by atoms with E-state index < -0.39 is 0 Å². The predicted octanol–water partition coefficient (Wildman–Crippen LogP) is 3.22. The van der Waals surface area contributed by atoms with Gasteiger partial charge in [0.25, 0.3) is 0 Å². The smallest absolute Gasteiger partial charge is 0.0524 e. The molecule has 0 bridgehead atoms. The third kappa shape index (κ3) is 1.96. The summed E-state index contributed by atoms with van der Waals surface area (Å²) < 4.78 is 0. The predicted molar refractivity (Wildman–Crippen MR) is 65.6 cm³/mol. The SMILES string of the molecule is CCC1(C(NN)c2ccsc2)CCCC1. The molecule has 0 aromatic carbocycles. The molecule has 84 valence electrons. The van der Waals surface area contributed by atoms with Crippen molar-refractivity contribution in [3.05, 3.63) is 22.4 Å². The van der Waals surface area contributed by atoms with E-state index >= 15 is 0 Å². The topological polar surface area (TPSA) is 38.0 Å². The molecule has 2 nitrogen and oxygen atoms in total. The fourth-order valence-electron chi connectivity index (χ4n) is 2.99. The first kappa shape index (κ1) is 11.1. The molecule has 0 radical (unpaired) electrons. The molecule has 1 aromatic rings. The summed E-state index contributed by atoms with van der Waals surface area (Å²) in [7, 11) is 0. The van der Waals surface area contributed by atoms with Gasteiger partial charge in [-0.1, -0.05) is 19.8 Å². The van der Waals surface area contributed by atoms with Gasteiger partial charge in [-0.2, -0.15) is 11.3 Å². The number of nitrogens with two attached hydrogens (primary N) is 1. The van der Waals surface area contributed by atoms with Crippen molar-refractivity contribution in [1.82, 2.24) is 5.43 Å². The molecule has 0 amide bonds. The minimum absolute atomic E-state index is 0.344. The van der Waals surface area contributed by atoms with Crippen LogP contribution in [0.5, 0.6) is 0 Å². The largest absolute Gasteiger partial charge is 0.271 e. The average Bonchev–Trinajstić information content (AvgIpc) is 2.90. The third-order valence-corrected chi connectivity index (χ3v) is 4.66. The van der Waals surface area contributed by atoms with Crippen molar-refractivity contribution in [2.45, 2.75) is 45.1 Å². The van der Waals surface area contributed by atoms with E-state index in [0.717, 1.165) is 0 Å². The molecule has 15 heavy (non-hydrogen) atoms. The lowest BCUT2D eigenvalue weighted by Crippen LogP contribution is -2.39. The van der Waals surface area contributed by atoms with Crippen LogP contribution in [0.2, 0.25) is 0 Å². The highest BCUT2D eigenvalue weighted by molar-refractivity contribution is 7.07. The summed E-state index contributed by atoms with van der Waals surface area (Å²) >= 11 is 1.76. The Labute approximate surface area is 95.8 Å². The Balaban J connectivity index is 2.24. The van der Waals surface area contributed by atoms with Crippen LogP contribution in [0.4, 0.5) is 0 Å². The average molecular weight is 224 g/mol. The van der Waals surface area contributed by atoms with Crippen LogP contribution >= 0.6 is 11.3 Å². The van der Waals surface area contributed by atoms with Crippen LogP contribution in [-0.4, -0.2) is 0 Å². The van der Waals surface area contributed by atoms with E-state index in [0.29, 0.717) is 11.5 Å². The Morgan fingerprint density at radius 2 is 2.27 bits per heavy atom. The van der Waals surface area contributed by atoms with Crippen LogP contribution in [0.1, 0.15) is 50.6 Å². The van der Waals surface area contributed by atoms with Gasteiger partial charge < -0.3 is 0 Å². The third-order valence-electron chi connectivity index (χ3n) is 3.96. The molecule has 1 fully saturated rings. The first-order chi connectivity index (χ1) is 7.32. The van der Waals surface area contributed by atoms with Crippen LogP contribution in [-0.2, 0) is 0 Å². The Morgan fingerprint density at radius 1 is 1.53 bits per heavy atom. The minimum atomic E-state index is 0.344. The maximum Gasteiger partial charge on any atom is 0.0524 e. The standard InChI is InChI=1S/C12H20N2S/c1-2-12(6-3-4-7-12)11(14-13)10-5-8-15-9-10/h5,8-9,11,14H,2-4,6-7,13H2,1H3. The number of hydrazine groups is 1. The molecule has 1 heterocycles. The normalized spacial score (nSPS) is 21.7. The number of nitrogens with one attached hydrogen (secondary N) is 1. The van der Waals surface area contributed by atoms with Crippen LogP contribution < -0.4 is 11.3 Å². The van der Waals surface area contributed by atoms with Crippen LogP contribution in [0.25, 0.3) is 0 Å². The molecule has 1 aliphatic rings. The first-order valence-corrected chi connectivity index (χ1v) is 6.75. The van der Waals surface area contributed by atoms with E-state index in [-0.39, 0.29) is 0 Å². The van der Waals surface area contributed by atoms with Gasteiger partial charge in [-0.05, 0) is 47.1 Å². The summed E-state index contributed by atoms with van der Waals surface area (Å²) in [4.78, 5) is 0. The van der Waals surface area contributed by atoms with Gasteiger partial charge in [0.05, 0.1) is 6.04 Å². The lowest BCUT2D eigenvalue weighted by atomic mass is 9.74. The molecule has 3 heteroatoms. The summed E-state index contributed by atoms with van der Waals surface area (Å²) in [5.74, 6) is 5.76. The first-order valence-electron chi connectivity index (χ1n) is 5.80. The minimum Gasteiger partial charge on any atom is -0.271 e. The molecular weight excluding hydrogens is 204 g/mol. The van der Waals surface area contributed by atoms with Crippen LogP contribution in [0.15, 0.2) is 16.8 Å². The molecule has 2 rings (SSSR count). The molecule has 1 saturated carbocycles. The second-order valence-electron chi connectivity index (χ2n) is 4.58. The monoisotopic (exact) mass is 224 g/mol. The maximum atomic E-state index is 5.76. The van der Waals surface area contributed by atoms with Gasteiger partial charge in [-0.25, -0.2) is 0 Å². The molecule has 1 aliphatic carbocycles. The molecule has 0 spiro atoms. The fourth-order valence-corrected chi connectivity index (χ4v) is 3.68. The van der Waals surface area contributed by atoms with Gasteiger partial charge in [0.1, 0.15) is 0 Å². The molecule has 0 aliphatic heterocycles. The zero-order valence-electron chi connectivity index (χ0n) is 9.33. The second-order valence-corrected chi connectivity index (χ2v) is 5.36. The molecule has 3 N–H and O–H groups in total. The van der Waals surface area contributed by atoms with Gasteiger partial charge in [-0.15, -0.1) is 0 Å². The Bertz CT molecular complexity index is 289. The number of rotatable bonds is 4. The lowest BCUT2D eigenvalue weighted by molar-refractivity contribution is 0.188. The Kier molecular flexibility index (Phi) is 3.44. The van der Waals surface area contributed by atoms with E-state index in [1.54, 1.807) is 11.3 Å². The highest BCUT2D eigenvalue weighted by Gasteiger charge is 2.40. The van der Waals surface area contributed by atoms with Crippen molar-refractivity contribution in [2.75, 3.05) is 0 Å². The van der Waals surface area contributed by atoms with Crippen molar-refractivity contribution >= 4 is 11.3 Å². The summed E-state index contributed by atoms with van der Waals surface area (Å²) in [5, 5.41) is 4.36. The van der Waals surface area contributed by atoms with Gasteiger partial charge in [-0.3, -0.25) is 11.3 Å². The zero-order valence-corrected chi connectivity index (χ0v) is 10.1. The van der Waals surface area contributed by atoms with E-state index in [2.05, 4.69) is 29.2 Å². The van der Waals surface area contributed by atoms with Crippen molar-refractivity contribution in [1.29, 1.82) is 0 Å². The van der Waals surface area contributed by atoms with Crippen LogP contribution in [0, 0.1) is 5.41 Å². The molecule has 0 saturated heterocycles. The molecule has 1 unspecified atom stereocenters. The lowest BCUT2D eigenvalue weighted by Gasteiger charge is -2.36. The summed E-state index contributed by atoms with van der Waals surface area (Å²) in [6.45, 7) is 2.29. The molecule has 1 aromatic heterocycles. The van der Waals surface area contributed by atoms with Crippen molar-refractivity contribution in [3.8, 4) is 0 Å². The van der Waals surface area contributed by atoms with Gasteiger partial charge >= 0.3 is 0 Å². The summed E-state index contributed by atoms with van der Waals surface area (Å²) in [5.41, 5.74) is 4.81. The van der Waals surface area contributed by atoms with E-state index in [4.69, 9.17) is 5.84 Å². The van der Waals surface area contributed by atoms with Gasteiger partial charge in [0, 0.05) is 0 Å². The van der Waals surface area contributed by atoms with E-state index in [1.807, 2.05) is 0 Å². The van der Waals surface area contributed by atoms with Crippen molar-refractivity contribution < 1.29 is 0 Å². The second kappa shape index (κ2) is 4.64. The Morgan fingerprint density at radius 3 is 2.73 bits per heavy atom. The fraction of sp³-hybridized carbons (Fsp3) is 0.667. The Hall–Kier alpha value is -0.380. The van der Waals surface area contributed by atoms with Crippen LogP contribution in [0.3, 0.4) is 0 Å². The zero-order chi connectivity index (χ0) is 10.7. The quantitative estimate of drug-likeness (QED) is 0.609.